The van der Waals surface area contributed by atoms with Crippen LogP contribution in [0, 0.1) is 10.8 Å². The van der Waals surface area contributed by atoms with Crippen LogP contribution in [-0.4, -0.2) is 36.2 Å². The van der Waals surface area contributed by atoms with Crippen LogP contribution in [0.15, 0.2) is 44.6 Å². The van der Waals surface area contributed by atoms with Gasteiger partial charge in [0.15, 0.2) is 11.5 Å². The average molecular weight is 637 g/mol. The summed E-state index contributed by atoms with van der Waals surface area (Å²) in [5.74, 6) is -1.57. The quantitative estimate of drug-likeness (QED) is 0.106. The SMILES string of the molecule is COc1c(OC(=O)[C@@H](N)C(C)(C)C)cc2oc3cc(OC(=O)[C@@H](N)C(C)(C)C)c(CC=C(C)C)c(O)c3c(=O)c2c1CC=C(C)C. The highest BCUT2D eigenvalue weighted by Crippen LogP contribution is 2.42. The molecule has 0 amide bonds. The number of allylic oxidation sites excluding steroid dienone is 4. The number of fused-ring (bicyclic) bond motifs is 2. The number of hydrogen-bond donors (Lipinski definition) is 3. The van der Waals surface area contributed by atoms with Crippen molar-refractivity contribution in [2.24, 2.45) is 22.3 Å². The van der Waals surface area contributed by atoms with Gasteiger partial charge in [0.1, 0.15) is 40.1 Å². The summed E-state index contributed by atoms with van der Waals surface area (Å²) in [7, 11) is 1.41. The number of ether oxygens (including phenoxy) is 3. The van der Waals surface area contributed by atoms with Crippen molar-refractivity contribution in [2.75, 3.05) is 7.11 Å². The van der Waals surface area contributed by atoms with E-state index in [0.29, 0.717) is 5.56 Å². The molecule has 10 nitrogen and oxygen atoms in total. The molecule has 0 saturated heterocycles. The van der Waals surface area contributed by atoms with E-state index in [1.807, 2.05) is 81.4 Å². The second kappa shape index (κ2) is 13.7. The van der Waals surface area contributed by atoms with Gasteiger partial charge in [-0.15, -0.1) is 0 Å². The Labute approximate surface area is 270 Å². The lowest BCUT2D eigenvalue weighted by atomic mass is 9.87. The number of methoxy groups -OCH3 is 1. The van der Waals surface area contributed by atoms with Crippen LogP contribution in [0.4, 0.5) is 0 Å². The lowest BCUT2D eigenvalue weighted by Crippen LogP contribution is -2.44. The largest absolute Gasteiger partial charge is 0.507 e. The molecule has 1 aromatic heterocycles. The zero-order valence-corrected chi connectivity index (χ0v) is 28.8. The molecule has 0 spiro atoms. The van der Waals surface area contributed by atoms with E-state index in [4.69, 9.17) is 30.1 Å². The molecule has 0 bridgehead atoms. The molecule has 0 fully saturated rings. The first kappa shape index (κ1) is 36.3. The summed E-state index contributed by atoms with van der Waals surface area (Å²) in [5.41, 5.74) is 13.2. The van der Waals surface area contributed by atoms with Crippen LogP contribution >= 0.6 is 0 Å². The first-order valence-electron chi connectivity index (χ1n) is 15.3. The smallest absolute Gasteiger partial charge is 0.328 e. The molecule has 0 aliphatic heterocycles. The molecular formula is C36H48N2O8. The maximum atomic E-state index is 14.3. The molecule has 250 valence electrons. The number of carbonyl (C=O) groups is 2. The second-order valence-corrected chi connectivity index (χ2v) is 14.3. The van der Waals surface area contributed by atoms with E-state index < -0.39 is 40.3 Å². The molecule has 0 unspecified atom stereocenters. The van der Waals surface area contributed by atoms with Gasteiger partial charge in [-0.3, -0.25) is 4.79 Å². The zero-order valence-electron chi connectivity index (χ0n) is 28.8. The molecule has 3 rings (SSSR count). The van der Waals surface area contributed by atoms with Gasteiger partial charge >= 0.3 is 11.9 Å². The zero-order chi connectivity index (χ0) is 34.9. The minimum absolute atomic E-state index is 0.00998. The standard InChI is InChI=1S/C36H48N2O8/c1-18(2)12-14-20-22(45-33(41)31(37)35(5,6)7)16-24-27(28(20)39)29(40)26-21(15-13-19(3)4)30(43-11)25(17-23(26)44-24)46-34(42)32(38)36(8,9)10/h12-13,16-17,31-32,39H,14-15,37-38H2,1-11H3/t31-,32-/m1/s1. The van der Waals surface area contributed by atoms with Crippen LogP contribution in [0.1, 0.15) is 80.4 Å². The number of phenols is 1. The Bertz CT molecular complexity index is 1780. The van der Waals surface area contributed by atoms with Crippen LogP contribution < -0.4 is 31.1 Å². The molecule has 5 N–H and O–H groups in total. The molecule has 1 heterocycles. The van der Waals surface area contributed by atoms with Crippen molar-refractivity contribution in [1.29, 1.82) is 0 Å². The average Bonchev–Trinajstić information content (AvgIpc) is 2.93. The molecule has 2 atom stereocenters. The van der Waals surface area contributed by atoms with Crippen LogP contribution in [0.3, 0.4) is 0 Å². The lowest BCUT2D eigenvalue weighted by molar-refractivity contribution is -0.139. The highest BCUT2D eigenvalue weighted by atomic mass is 16.6. The van der Waals surface area contributed by atoms with Gasteiger partial charge in [-0.2, -0.15) is 0 Å². The van der Waals surface area contributed by atoms with Crippen molar-refractivity contribution in [1.82, 2.24) is 0 Å². The molecule has 2 aromatic carbocycles. The van der Waals surface area contributed by atoms with Gasteiger partial charge in [0.2, 0.25) is 5.43 Å². The molecule has 0 radical (unpaired) electrons. The number of rotatable bonds is 9. The number of aromatic hydroxyl groups is 1. The number of esters is 2. The van der Waals surface area contributed by atoms with Gasteiger partial charge in [-0.05, 0) is 51.4 Å². The predicted octanol–water partition coefficient (Wildman–Crippen LogP) is 6.24. The summed E-state index contributed by atoms with van der Waals surface area (Å²) in [6.07, 6.45) is 4.15. The Morgan fingerprint density at radius 2 is 1.24 bits per heavy atom. The van der Waals surface area contributed by atoms with Gasteiger partial charge in [-0.1, -0.05) is 64.8 Å². The van der Waals surface area contributed by atoms with Crippen molar-refractivity contribution in [3.63, 3.8) is 0 Å². The minimum atomic E-state index is -0.966. The molecule has 3 aromatic rings. The van der Waals surface area contributed by atoms with Gasteiger partial charge in [0, 0.05) is 23.3 Å². The van der Waals surface area contributed by atoms with Crippen LogP contribution in [-0.2, 0) is 22.4 Å². The summed E-state index contributed by atoms with van der Waals surface area (Å²) in [4.78, 5) is 40.5. The van der Waals surface area contributed by atoms with Gasteiger partial charge < -0.3 is 35.2 Å². The summed E-state index contributed by atoms with van der Waals surface area (Å²) in [6, 6.07) is 0.875. The highest BCUT2D eigenvalue weighted by molar-refractivity contribution is 5.98. The predicted molar refractivity (Wildman–Crippen MR) is 181 cm³/mol. The van der Waals surface area contributed by atoms with E-state index in [2.05, 4.69) is 0 Å². The van der Waals surface area contributed by atoms with E-state index in [-0.39, 0.29) is 63.3 Å². The molecule has 0 aliphatic carbocycles. The van der Waals surface area contributed by atoms with Gasteiger partial charge in [0.25, 0.3) is 0 Å². The Morgan fingerprint density at radius 1 is 0.804 bits per heavy atom. The fraction of sp³-hybridized carbons (Fsp3) is 0.472. The number of hydrogen-bond acceptors (Lipinski definition) is 10. The Hall–Kier alpha value is -4.15. The first-order valence-corrected chi connectivity index (χ1v) is 15.3. The summed E-state index contributed by atoms with van der Waals surface area (Å²) < 4.78 is 23.4. The Kier molecular flexibility index (Phi) is 10.8. The first-order chi connectivity index (χ1) is 21.2. The van der Waals surface area contributed by atoms with Crippen LogP contribution in [0.5, 0.6) is 23.0 Å². The summed E-state index contributed by atoms with van der Waals surface area (Å²) in [5, 5.41) is 11.7. The Balaban J connectivity index is 2.43. The monoisotopic (exact) mass is 636 g/mol. The minimum Gasteiger partial charge on any atom is -0.507 e. The number of nitrogens with two attached hydrogens (primary N) is 2. The topological polar surface area (TPSA) is 164 Å². The second-order valence-electron chi connectivity index (χ2n) is 14.3. The van der Waals surface area contributed by atoms with Crippen LogP contribution in [0.2, 0.25) is 0 Å². The third kappa shape index (κ3) is 7.79. The van der Waals surface area contributed by atoms with Crippen LogP contribution in [0.25, 0.3) is 21.9 Å². The fourth-order valence-corrected chi connectivity index (χ4v) is 4.65. The number of carbonyl (C=O) groups excluding carboxylic acids is 2. The lowest BCUT2D eigenvalue weighted by Gasteiger charge is -2.25. The van der Waals surface area contributed by atoms with E-state index >= 15 is 0 Å². The summed E-state index contributed by atoms with van der Waals surface area (Å²) >= 11 is 0. The fourth-order valence-electron chi connectivity index (χ4n) is 4.65. The molecule has 0 saturated carbocycles. The van der Waals surface area contributed by atoms with E-state index in [1.165, 1.54) is 19.2 Å². The molecular weight excluding hydrogens is 588 g/mol. The van der Waals surface area contributed by atoms with E-state index in [1.54, 1.807) is 0 Å². The van der Waals surface area contributed by atoms with Gasteiger partial charge in [-0.25, -0.2) is 9.59 Å². The van der Waals surface area contributed by atoms with Crippen molar-refractivity contribution < 1.29 is 33.3 Å². The van der Waals surface area contributed by atoms with Crippen molar-refractivity contribution in [2.45, 2.75) is 94.2 Å². The van der Waals surface area contributed by atoms with E-state index in [9.17, 15) is 19.5 Å². The van der Waals surface area contributed by atoms with Crippen molar-refractivity contribution in [3.8, 4) is 23.0 Å². The third-order valence-corrected chi connectivity index (χ3v) is 7.74. The number of phenolic OH excluding ortho intramolecular Hbond substituents is 1. The van der Waals surface area contributed by atoms with E-state index in [0.717, 1.165) is 11.1 Å². The molecule has 0 aliphatic rings. The normalized spacial score (nSPS) is 13.2. The molecule has 46 heavy (non-hydrogen) atoms. The maximum absolute atomic E-state index is 14.3. The molecule has 10 heteroatoms. The van der Waals surface area contributed by atoms with Crippen molar-refractivity contribution in [3.05, 3.63) is 56.8 Å². The Morgan fingerprint density at radius 3 is 1.70 bits per heavy atom. The summed E-state index contributed by atoms with van der Waals surface area (Å²) in [6.45, 7) is 18.5. The number of benzene rings is 2. The third-order valence-electron chi connectivity index (χ3n) is 7.74. The maximum Gasteiger partial charge on any atom is 0.328 e. The van der Waals surface area contributed by atoms with Gasteiger partial charge in [0.05, 0.1) is 12.5 Å². The van der Waals surface area contributed by atoms with Crippen molar-refractivity contribution >= 4 is 33.9 Å². The highest BCUT2D eigenvalue weighted by Gasteiger charge is 2.33.